The van der Waals surface area contributed by atoms with Gasteiger partial charge in [-0.2, -0.15) is 0 Å². The van der Waals surface area contributed by atoms with Crippen LogP contribution in [0.2, 0.25) is 0 Å². The lowest BCUT2D eigenvalue weighted by Crippen LogP contribution is -2.29. The fraction of sp³-hybridized carbons (Fsp3) is 0.714. The SMILES string of the molecule is CCOC(C)(CC)c1nc(N)c2c(n1)CCCC2. The summed E-state index contributed by atoms with van der Waals surface area (Å²) in [4.78, 5) is 9.21. The molecule has 2 rings (SSSR count). The summed E-state index contributed by atoms with van der Waals surface area (Å²) in [5.41, 5.74) is 7.94. The molecule has 1 aliphatic rings. The predicted octanol–water partition coefficient (Wildman–Crippen LogP) is 2.60. The molecule has 0 spiro atoms. The maximum Gasteiger partial charge on any atom is 0.162 e. The first-order valence-electron chi connectivity index (χ1n) is 6.90. The highest BCUT2D eigenvalue weighted by molar-refractivity contribution is 5.44. The van der Waals surface area contributed by atoms with E-state index in [1.165, 1.54) is 12.8 Å². The van der Waals surface area contributed by atoms with Crippen LogP contribution in [-0.2, 0) is 23.2 Å². The zero-order valence-electron chi connectivity index (χ0n) is 11.6. The van der Waals surface area contributed by atoms with E-state index < -0.39 is 5.60 Å². The second-order valence-electron chi connectivity index (χ2n) is 5.08. The van der Waals surface area contributed by atoms with Gasteiger partial charge in [0.05, 0.1) is 0 Å². The van der Waals surface area contributed by atoms with E-state index in [1.54, 1.807) is 0 Å². The summed E-state index contributed by atoms with van der Waals surface area (Å²) < 4.78 is 5.83. The van der Waals surface area contributed by atoms with Gasteiger partial charge < -0.3 is 10.5 Å². The standard InChI is InChI=1S/C14H23N3O/c1-4-14(3,18-5-2)13-16-11-9-7-6-8-10(11)12(15)17-13/h4-9H2,1-3H3,(H2,15,16,17). The number of aryl methyl sites for hydroxylation is 1. The molecule has 0 saturated heterocycles. The largest absolute Gasteiger partial charge is 0.383 e. The molecule has 1 heterocycles. The zero-order valence-corrected chi connectivity index (χ0v) is 11.6. The van der Waals surface area contributed by atoms with E-state index in [9.17, 15) is 0 Å². The highest BCUT2D eigenvalue weighted by Crippen LogP contribution is 2.30. The quantitative estimate of drug-likeness (QED) is 0.891. The molecule has 0 amide bonds. The van der Waals surface area contributed by atoms with Crippen molar-refractivity contribution in [2.75, 3.05) is 12.3 Å². The number of hydrogen-bond acceptors (Lipinski definition) is 4. The molecule has 1 aromatic heterocycles. The summed E-state index contributed by atoms with van der Waals surface area (Å²) in [7, 11) is 0. The van der Waals surface area contributed by atoms with Crippen molar-refractivity contribution in [2.45, 2.75) is 58.5 Å². The average Bonchev–Trinajstić information content (AvgIpc) is 2.39. The van der Waals surface area contributed by atoms with E-state index in [2.05, 4.69) is 11.9 Å². The second-order valence-corrected chi connectivity index (χ2v) is 5.08. The highest BCUT2D eigenvalue weighted by atomic mass is 16.5. The molecule has 1 unspecified atom stereocenters. The number of nitrogen functional groups attached to an aromatic ring is 1. The van der Waals surface area contributed by atoms with E-state index in [0.29, 0.717) is 12.4 Å². The lowest BCUT2D eigenvalue weighted by Gasteiger charge is -2.28. The molecule has 18 heavy (non-hydrogen) atoms. The number of hydrogen-bond donors (Lipinski definition) is 1. The normalized spacial score (nSPS) is 18.2. The van der Waals surface area contributed by atoms with Crippen LogP contribution in [0, 0.1) is 0 Å². The van der Waals surface area contributed by atoms with Gasteiger partial charge in [0.2, 0.25) is 0 Å². The summed E-state index contributed by atoms with van der Waals surface area (Å²) in [5.74, 6) is 1.39. The molecule has 0 radical (unpaired) electrons. The van der Waals surface area contributed by atoms with E-state index in [4.69, 9.17) is 15.5 Å². The van der Waals surface area contributed by atoms with Gasteiger partial charge in [-0.05, 0) is 46.0 Å². The van der Waals surface area contributed by atoms with Crippen molar-refractivity contribution in [3.63, 3.8) is 0 Å². The number of rotatable bonds is 4. The van der Waals surface area contributed by atoms with Crippen molar-refractivity contribution in [1.29, 1.82) is 0 Å². The van der Waals surface area contributed by atoms with Crippen molar-refractivity contribution >= 4 is 5.82 Å². The Morgan fingerprint density at radius 1 is 1.22 bits per heavy atom. The number of aromatic nitrogens is 2. The molecule has 0 aromatic carbocycles. The van der Waals surface area contributed by atoms with Crippen LogP contribution in [-0.4, -0.2) is 16.6 Å². The summed E-state index contributed by atoms with van der Waals surface area (Å²) in [6, 6.07) is 0. The Morgan fingerprint density at radius 3 is 2.61 bits per heavy atom. The Kier molecular flexibility index (Phi) is 3.85. The minimum absolute atomic E-state index is 0.421. The fourth-order valence-corrected chi connectivity index (χ4v) is 2.50. The number of fused-ring (bicyclic) bond motifs is 1. The fourth-order valence-electron chi connectivity index (χ4n) is 2.50. The van der Waals surface area contributed by atoms with E-state index in [1.807, 2.05) is 13.8 Å². The van der Waals surface area contributed by atoms with Crippen LogP contribution in [0.3, 0.4) is 0 Å². The lowest BCUT2D eigenvalue weighted by atomic mass is 9.95. The minimum Gasteiger partial charge on any atom is -0.383 e. The third-order valence-corrected chi connectivity index (χ3v) is 3.83. The topological polar surface area (TPSA) is 61.0 Å². The van der Waals surface area contributed by atoms with Crippen molar-refractivity contribution in [3.05, 3.63) is 17.1 Å². The Morgan fingerprint density at radius 2 is 1.94 bits per heavy atom. The molecular formula is C14H23N3O. The Balaban J connectivity index is 2.42. The smallest absolute Gasteiger partial charge is 0.162 e. The summed E-state index contributed by atoms with van der Waals surface area (Å²) in [5, 5.41) is 0. The van der Waals surface area contributed by atoms with E-state index >= 15 is 0 Å². The molecule has 0 saturated carbocycles. The van der Waals surface area contributed by atoms with Crippen LogP contribution in [0.1, 0.15) is 57.1 Å². The molecule has 1 aromatic rings. The van der Waals surface area contributed by atoms with Crippen molar-refractivity contribution < 1.29 is 4.74 Å². The highest BCUT2D eigenvalue weighted by Gasteiger charge is 2.30. The zero-order chi connectivity index (χ0) is 13.2. The molecule has 0 bridgehead atoms. The molecule has 2 N–H and O–H groups in total. The number of ether oxygens (including phenoxy) is 1. The monoisotopic (exact) mass is 249 g/mol. The molecule has 1 atom stereocenters. The molecule has 4 heteroatoms. The van der Waals surface area contributed by atoms with Gasteiger partial charge >= 0.3 is 0 Å². The molecule has 0 aliphatic heterocycles. The summed E-state index contributed by atoms with van der Waals surface area (Å²) in [6.45, 7) is 6.79. The van der Waals surface area contributed by atoms with Crippen molar-refractivity contribution in [1.82, 2.24) is 9.97 Å². The van der Waals surface area contributed by atoms with Crippen LogP contribution in [0.15, 0.2) is 0 Å². The summed E-state index contributed by atoms with van der Waals surface area (Å²) >= 11 is 0. The van der Waals surface area contributed by atoms with Gasteiger partial charge in [0.25, 0.3) is 0 Å². The van der Waals surface area contributed by atoms with Crippen molar-refractivity contribution in [3.8, 4) is 0 Å². The maximum atomic E-state index is 6.08. The van der Waals surface area contributed by atoms with Gasteiger partial charge in [-0.1, -0.05) is 6.92 Å². The van der Waals surface area contributed by atoms with Crippen LogP contribution in [0.5, 0.6) is 0 Å². The van der Waals surface area contributed by atoms with Gasteiger partial charge in [-0.25, -0.2) is 9.97 Å². The molecule has 0 fully saturated rings. The van der Waals surface area contributed by atoms with Gasteiger partial charge in [0.15, 0.2) is 5.82 Å². The van der Waals surface area contributed by atoms with Gasteiger partial charge in [-0.15, -0.1) is 0 Å². The molecular weight excluding hydrogens is 226 g/mol. The molecule has 4 nitrogen and oxygen atoms in total. The first kappa shape index (κ1) is 13.3. The van der Waals surface area contributed by atoms with E-state index in [0.717, 1.165) is 36.3 Å². The Hall–Kier alpha value is -1.16. The number of anilines is 1. The first-order chi connectivity index (χ1) is 8.60. The first-order valence-corrected chi connectivity index (χ1v) is 6.90. The number of nitrogens with two attached hydrogens (primary N) is 1. The van der Waals surface area contributed by atoms with Gasteiger partial charge in [0.1, 0.15) is 11.4 Å². The van der Waals surface area contributed by atoms with Crippen LogP contribution in [0.25, 0.3) is 0 Å². The third-order valence-electron chi connectivity index (χ3n) is 3.83. The van der Waals surface area contributed by atoms with Gasteiger partial charge in [-0.3, -0.25) is 0 Å². The van der Waals surface area contributed by atoms with Crippen LogP contribution >= 0.6 is 0 Å². The summed E-state index contributed by atoms with van der Waals surface area (Å²) in [6.07, 6.45) is 5.26. The minimum atomic E-state index is -0.421. The maximum absolute atomic E-state index is 6.08. The Labute approximate surface area is 109 Å². The van der Waals surface area contributed by atoms with Crippen LogP contribution in [0.4, 0.5) is 5.82 Å². The van der Waals surface area contributed by atoms with E-state index in [-0.39, 0.29) is 0 Å². The second kappa shape index (κ2) is 5.22. The number of nitrogens with zero attached hydrogens (tertiary/aromatic N) is 2. The average molecular weight is 249 g/mol. The predicted molar refractivity (Wildman–Crippen MR) is 72.4 cm³/mol. The lowest BCUT2D eigenvalue weighted by molar-refractivity contribution is -0.0391. The molecule has 100 valence electrons. The van der Waals surface area contributed by atoms with Gasteiger partial charge in [0, 0.05) is 17.9 Å². The third kappa shape index (κ3) is 2.34. The van der Waals surface area contributed by atoms with Crippen molar-refractivity contribution in [2.24, 2.45) is 0 Å². The molecule has 1 aliphatic carbocycles. The Bertz CT molecular complexity index is 433. The van der Waals surface area contributed by atoms with Crippen LogP contribution < -0.4 is 5.73 Å².